The van der Waals surface area contributed by atoms with Crippen molar-refractivity contribution in [2.45, 2.75) is 12.1 Å². The van der Waals surface area contributed by atoms with E-state index in [9.17, 15) is 9.18 Å². The molecule has 0 aliphatic heterocycles. The van der Waals surface area contributed by atoms with Crippen molar-refractivity contribution in [3.8, 4) is 17.1 Å². The molecular formula is C23H17ClFN3OS. The molecule has 0 amide bonds. The number of hydrogen-bond acceptors (Lipinski definition) is 4. The molecule has 3 aromatic carbocycles. The molecule has 7 heteroatoms. The Kier molecular flexibility index (Phi) is 5.97. The lowest BCUT2D eigenvalue weighted by molar-refractivity contribution is 0.102. The molecule has 0 unspecified atom stereocenters. The van der Waals surface area contributed by atoms with Crippen LogP contribution in [-0.4, -0.2) is 26.3 Å². The van der Waals surface area contributed by atoms with E-state index < -0.39 is 0 Å². The molecule has 0 fully saturated rings. The predicted molar refractivity (Wildman–Crippen MR) is 118 cm³/mol. The van der Waals surface area contributed by atoms with Crippen LogP contribution in [0.2, 0.25) is 5.02 Å². The molecule has 4 rings (SSSR count). The van der Waals surface area contributed by atoms with Crippen molar-refractivity contribution in [2.75, 3.05) is 5.75 Å². The number of rotatable bonds is 6. The Bertz CT molecular complexity index is 1190. The first-order valence-electron chi connectivity index (χ1n) is 9.22. The van der Waals surface area contributed by atoms with Gasteiger partial charge >= 0.3 is 0 Å². The summed E-state index contributed by atoms with van der Waals surface area (Å²) in [4.78, 5) is 12.6. The summed E-state index contributed by atoms with van der Waals surface area (Å²) in [5, 5.41) is 9.57. The van der Waals surface area contributed by atoms with Crippen molar-refractivity contribution < 1.29 is 9.18 Å². The first-order chi connectivity index (χ1) is 14.5. The molecular weight excluding hydrogens is 421 g/mol. The maximum atomic E-state index is 14.5. The number of aromatic nitrogens is 3. The molecule has 0 N–H and O–H groups in total. The van der Waals surface area contributed by atoms with Gasteiger partial charge in [0.05, 0.1) is 11.3 Å². The average Bonchev–Trinajstić information content (AvgIpc) is 3.17. The number of thioether (sulfide) groups is 1. The molecule has 0 aliphatic rings. The van der Waals surface area contributed by atoms with Gasteiger partial charge in [-0.05, 0) is 55.5 Å². The third-order valence-electron chi connectivity index (χ3n) is 4.54. The van der Waals surface area contributed by atoms with Crippen molar-refractivity contribution in [3.05, 3.63) is 94.8 Å². The Labute approximate surface area is 182 Å². The van der Waals surface area contributed by atoms with E-state index in [1.54, 1.807) is 47.0 Å². The standard InChI is InChI=1S/C23H17ClFN3OS/c1-15-6-12-18(13-7-15)28-22(19-4-2-3-5-20(19)25)26-27-23(28)30-14-21(29)16-8-10-17(24)11-9-16/h2-13H,14H2,1H3. The second kappa shape index (κ2) is 8.81. The van der Waals surface area contributed by atoms with Gasteiger partial charge in [-0.1, -0.05) is 53.2 Å². The van der Waals surface area contributed by atoms with Crippen LogP contribution >= 0.6 is 23.4 Å². The lowest BCUT2D eigenvalue weighted by atomic mass is 10.1. The summed E-state index contributed by atoms with van der Waals surface area (Å²) < 4.78 is 16.2. The number of hydrogen-bond donors (Lipinski definition) is 0. The van der Waals surface area contributed by atoms with Crippen molar-refractivity contribution in [3.63, 3.8) is 0 Å². The number of nitrogens with zero attached hydrogens (tertiary/aromatic N) is 3. The fourth-order valence-electron chi connectivity index (χ4n) is 2.96. The topological polar surface area (TPSA) is 47.8 Å². The van der Waals surface area contributed by atoms with Gasteiger partial charge in [0, 0.05) is 16.3 Å². The van der Waals surface area contributed by atoms with E-state index in [0.29, 0.717) is 27.1 Å². The van der Waals surface area contributed by atoms with E-state index in [4.69, 9.17) is 11.6 Å². The second-order valence-electron chi connectivity index (χ2n) is 6.68. The van der Waals surface area contributed by atoms with Crippen molar-refractivity contribution >= 4 is 29.1 Å². The summed E-state index contributed by atoms with van der Waals surface area (Å²) in [7, 11) is 0. The highest BCUT2D eigenvalue weighted by molar-refractivity contribution is 7.99. The van der Waals surface area contributed by atoms with E-state index in [-0.39, 0.29) is 17.4 Å². The zero-order chi connectivity index (χ0) is 21.1. The number of carbonyl (C=O) groups is 1. The van der Waals surface area contributed by atoms with Gasteiger partial charge < -0.3 is 0 Å². The monoisotopic (exact) mass is 437 g/mol. The quantitative estimate of drug-likeness (QED) is 0.274. The molecule has 30 heavy (non-hydrogen) atoms. The molecule has 0 saturated carbocycles. The van der Waals surface area contributed by atoms with Crippen LogP contribution in [-0.2, 0) is 0 Å². The Morgan fingerprint density at radius 2 is 1.70 bits per heavy atom. The molecule has 1 aromatic heterocycles. The van der Waals surface area contributed by atoms with Gasteiger partial charge in [0.15, 0.2) is 16.8 Å². The highest BCUT2D eigenvalue weighted by atomic mass is 35.5. The van der Waals surface area contributed by atoms with Crippen LogP contribution in [0.5, 0.6) is 0 Å². The molecule has 0 radical (unpaired) electrons. The molecule has 0 spiro atoms. The summed E-state index contributed by atoms with van der Waals surface area (Å²) in [6, 6.07) is 21.0. The number of halogens is 2. The lowest BCUT2D eigenvalue weighted by Gasteiger charge is -2.11. The molecule has 4 aromatic rings. The minimum absolute atomic E-state index is 0.0532. The maximum Gasteiger partial charge on any atom is 0.196 e. The normalized spacial score (nSPS) is 10.9. The van der Waals surface area contributed by atoms with Crippen LogP contribution in [0.3, 0.4) is 0 Å². The van der Waals surface area contributed by atoms with Gasteiger partial charge in [-0.15, -0.1) is 10.2 Å². The molecule has 4 nitrogen and oxygen atoms in total. The number of benzene rings is 3. The Balaban J connectivity index is 1.69. The zero-order valence-corrected chi connectivity index (χ0v) is 17.6. The number of Topliss-reactive ketones (excluding diaryl/α,β-unsaturated/α-hetero) is 1. The van der Waals surface area contributed by atoms with E-state index in [0.717, 1.165) is 11.3 Å². The largest absolute Gasteiger partial charge is 0.293 e. The summed E-state index contributed by atoms with van der Waals surface area (Å²) >= 11 is 7.15. The van der Waals surface area contributed by atoms with Gasteiger partial charge in [-0.3, -0.25) is 9.36 Å². The first-order valence-corrected chi connectivity index (χ1v) is 10.6. The minimum atomic E-state index is -0.382. The third-order valence-corrected chi connectivity index (χ3v) is 5.72. The predicted octanol–water partition coefficient (Wildman–Crippen LogP) is 6.01. The first kappa shape index (κ1) is 20.3. The van der Waals surface area contributed by atoms with Crippen LogP contribution in [0, 0.1) is 12.7 Å². The Morgan fingerprint density at radius 3 is 2.40 bits per heavy atom. The molecule has 1 heterocycles. The van der Waals surface area contributed by atoms with Gasteiger partial charge in [-0.2, -0.15) is 0 Å². The van der Waals surface area contributed by atoms with Crippen molar-refractivity contribution in [1.29, 1.82) is 0 Å². The molecule has 0 aliphatic carbocycles. The fraction of sp³-hybridized carbons (Fsp3) is 0.0870. The lowest BCUT2D eigenvalue weighted by Crippen LogP contribution is -2.05. The van der Waals surface area contributed by atoms with Crippen molar-refractivity contribution in [2.24, 2.45) is 0 Å². The second-order valence-corrected chi connectivity index (χ2v) is 8.05. The minimum Gasteiger partial charge on any atom is -0.293 e. The van der Waals surface area contributed by atoms with Crippen LogP contribution in [0.1, 0.15) is 15.9 Å². The molecule has 0 saturated heterocycles. The third kappa shape index (κ3) is 4.30. The van der Waals surface area contributed by atoms with E-state index in [2.05, 4.69) is 10.2 Å². The summed E-state index contributed by atoms with van der Waals surface area (Å²) in [5.41, 5.74) is 2.82. The van der Waals surface area contributed by atoms with E-state index in [1.165, 1.54) is 17.8 Å². The van der Waals surface area contributed by atoms with Crippen LogP contribution in [0.4, 0.5) is 4.39 Å². The van der Waals surface area contributed by atoms with Gasteiger partial charge in [0.1, 0.15) is 5.82 Å². The number of carbonyl (C=O) groups excluding carboxylic acids is 1. The molecule has 0 atom stereocenters. The fourth-order valence-corrected chi connectivity index (χ4v) is 3.93. The van der Waals surface area contributed by atoms with Crippen LogP contribution in [0.25, 0.3) is 17.1 Å². The average molecular weight is 438 g/mol. The molecule has 150 valence electrons. The van der Waals surface area contributed by atoms with E-state index in [1.807, 2.05) is 31.2 Å². The number of aryl methyl sites for hydroxylation is 1. The zero-order valence-electron chi connectivity index (χ0n) is 16.0. The number of ketones is 1. The maximum absolute atomic E-state index is 14.5. The van der Waals surface area contributed by atoms with Gasteiger partial charge in [-0.25, -0.2) is 4.39 Å². The van der Waals surface area contributed by atoms with E-state index >= 15 is 0 Å². The van der Waals surface area contributed by atoms with Crippen LogP contribution in [0.15, 0.2) is 78.0 Å². The summed E-state index contributed by atoms with van der Waals surface area (Å²) in [6.45, 7) is 1.99. The summed E-state index contributed by atoms with van der Waals surface area (Å²) in [5.74, 6) is 0.121. The van der Waals surface area contributed by atoms with Crippen LogP contribution < -0.4 is 0 Å². The smallest absolute Gasteiger partial charge is 0.196 e. The van der Waals surface area contributed by atoms with Gasteiger partial charge in [0.25, 0.3) is 0 Å². The SMILES string of the molecule is Cc1ccc(-n2c(SCC(=O)c3ccc(Cl)cc3)nnc2-c2ccccc2F)cc1. The highest BCUT2D eigenvalue weighted by Crippen LogP contribution is 2.30. The Morgan fingerprint density at radius 1 is 1.00 bits per heavy atom. The Hall–Kier alpha value is -2.96. The highest BCUT2D eigenvalue weighted by Gasteiger charge is 2.19. The van der Waals surface area contributed by atoms with Crippen molar-refractivity contribution in [1.82, 2.24) is 14.8 Å². The molecule has 0 bridgehead atoms. The summed E-state index contributed by atoms with van der Waals surface area (Å²) in [6.07, 6.45) is 0. The van der Waals surface area contributed by atoms with Gasteiger partial charge in [0.2, 0.25) is 0 Å².